The first kappa shape index (κ1) is 15.1. The molecule has 1 fully saturated rings. The summed E-state index contributed by atoms with van der Waals surface area (Å²) in [5, 5.41) is 6.86. The molecule has 4 nitrogen and oxygen atoms in total. The molecule has 1 aliphatic heterocycles. The summed E-state index contributed by atoms with van der Waals surface area (Å²) in [5.74, 6) is 1.61. The number of methoxy groups -OCH3 is 1. The van der Waals surface area contributed by atoms with E-state index < -0.39 is 0 Å². The van der Waals surface area contributed by atoms with Crippen LogP contribution >= 0.6 is 12.4 Å². The molecule has 5 heteroatoms. The van der Waals surface area contributed by atoms with E-state index in [9.17, 15) is 0 Å². The van der Waals surface area contributed by atoms with E-state index >= 15 is 0 Å². The molecule has 1 atom stereocenters. The van der Waals surface area contributed by atoms with Crippen molar-refractivity contribution in [2.24, 2.45) is 0 Å². The van der Waals surface area contributed by atoms with E-state index in [0.29, 0.717) is 12.6 Å². The van der Waals surface area contributed by atoms with Gasteiger partial charge < -0.3 is 20.1 Å². The summed E-state index contributed by atoms with van der Waals surface area (Å²) in [4.78, 5) is 0. The summed E-state index contributed by atoms with van der Waals surface area (Å²) < 4.78 is 10.9. The van der Waals surface area contributed by atoms with Crippen molar-refractivity contribution in [3.63, 3.8) is 0 Å². The van der Waals surface area contributed by atoms with Gasteiger partial charge in [0.1, 0.15) is 0 Å². The first-order chi connectivity index (χ1) is 8.35. The molecule has 102 valence electrons. The number of hydrogen-bond acceptors (Lipinski definition) is 4. The molecule has 0 radical (unpaired) electrons. The number of halogens is 1. The quantitative estimate of drug-likeness (QED) is 0.876. The van der Waals surface area contributed by atoms with Gasteiger partial charge in [0.25, 0.3) is 0 Å². The molecule has 1 saturated heterocycles. The molecular formula is C13H21ClN2O2. The molecule has 0 bridgehead atoms. The van der Waals surface area contributed by atoms with Gasteiger partial charge in [0.05, 0.1) is 13.7 Å². The second-order valence-corrected chi connectivity index (χ2v) is 4.05. The lowest BCUT2D eigenvalue weighted by Gasteiger charge is -2.25. The summed E-state index contributed by atoms with van der Waals surface area (Å²) in [5.41, 5.74) is 1.24. The topological polar surface area (TPSA) is 42.5 Å². The first-order valence-corrected chi connectivity index (χ1v) is 6.10. The number of hydrogen-bond donors (Lipinski definition) is 2. The summed E-state index contributed by atoms with van der Waals surface area (Å²) >= 11 is 0. The molecule has 2 N–H and O–H groups in total. The molecule has 18 heavy (non-hydrogen) atoms. The van der Waals surface area contributed by atoms with Crippen LogP contribution in [0.25, 0.3) is 0 Å². The predicted molar refractivity (Wildman–Crippen MR) is 75.0 cm³/mol. The zero-order valence-electron chi connectivity index (χ0n) is 10.9. The lowest BCUT2D eigenvalue weighted by Crippen LogP contribution is -2.42. The van der Waals surface area contributed by atoms with Crippen LogP contribution in [-0.4, -0.2) is 33.4 Å². The molecule has 1 heterocycles. The van der Waals surface area contributed by atoms with Crippen molar-refractivity contribution >= 4 is 12.4 Å². The Bertz CT molecular complexity index is 368. The largest absolute Gasteiger partial charge is 0.493 e. The number of rotatable bonds is 4. The minimum Gasteiger partial charge on any atom is -0.493 e. The molecule has 0 unspecified atom stereocenters. The Hall–Kier alpha value is -0.970. The molecule has 2 rings (SSSR count). The number of benzene rings is 1. The van der Waals surface area contributed by atoms with Crippen LogP contribution in [0.5, 0.6) is 11.5 Å². The Balaban J connectivity index is 0.00000162. The summed E-state index contributed by atoms with van der Waals surface area (Å²) in [6.07, 6.45) is 0. The monoisotopic (exact) mass is 272 g/mol. The van der Waals surface area contributed by atoms with Gasteiger partial charge in [0, 0.05) is 25.7 Å². The van der Waals surface area contributed by atoms with E-state index in [-0.39, 0.29) is 12.4 Å². The van der Waals surface area contributed by atoms with Crippen LogP contribution in [0.15, 0.2) is 18.2 Å². The third-order valence-electron chi connectivity index (χ3n) is 2.93. The van der Waals surface area contributed by atoms with Gasteiger partial charge in [-0.2, -0.15) is 0 Å². The molecule has 0 saturated carbocycles. The fourth-order valence-corrected chi connectivity index (χ4v) is 2.07. The van der Waals surface area contributed by atoms with Crippen LogP contribution in [-0.2, 0) is 0 Å². The molecule has 1 aliphatic rings. The van der Waals surface area contributed by atoms with E-state index in [1.54, 1.807) is 7.11 Å². The van der Waals surface area contributed by atoms with Gasteiger partial charge >= 0.3 is 0 Å². The van der Waals surface area contributed by atoms with E-state index in [2.05, 4.69) is 22.8 Å². The molecule has 0 aliphatic carbocycles. The van der Waals surface area contributed by atoms with Crippen molar-refractivity contribution in [1.82, 2.24) is 10.6 Å². The minimum absolute atomic E-state index is 0. The average Bonchev–Trinajstić information content (AvgIpc) is 2.40. The van der Waals surface area contributed by atoms with E-state index in [0.717, 1.165) is 31.1 Å². The van der Waals surface area contributed by atoms with Crippen LogP contribution in [0.1, 0.15) is 18.5 Å². The smallest absolute Gasteiger partial charge is 0.161 e. The van der Waals surface area contributed by atoms with Crippen LogP contribution in [0.3, 0.4) is 0 Å². The van der Waals surface area contributed by atoms with Crippen LogP contribution in [0.2, 0.25) is 0 Å². The molecule has 0 spiro atoms. The zero-order valence-corrected chi connectivity index (χ0v) is 11.7. The van der Waals surface area contributed by atoms with Gasteiger partial charge in [0.2, 0.25) is 0 Å². The summed E-state index contributed by atoms with van der Waals surface area (Å²) in [6, 6.07) is 6.48. The molecule has 1 aromatic rings. The van der Waals surface area contributed by atoms with Crippen molar-refractivity contribution < 1.29 is 9.47 Å². The van der Waals surface area contributed by atoms with Crippen LogP contribution < -0.4 is 20.1 Å². The molecular weight excluding hydrogens is 252 g/mol. The van der Waals surface area contributed by atoms with Gasteiger partial charge in [-0.25, -0.2) is 0 Å². The van der Waals surface area contributed by atoms with E-state index in [1.165, 1.54) is 5.56 Å². The maximum atomic E-state index is 5.59. The Kier molecular flexibility index (Phi) is 6.25. The first-order valence-electron chi connectivity index (χ1n) is 6.10. The van der Waals surface area contributed by atoms with Crippen molar-refractivity contribution in [3.8, 4) is 11.5 Å². The highest BCUT2D eigenvalue weighted by Gasteiger charge is 2.16. The van der Waals surface area contributed by atoms with E-state index in [4.69, 9.17) is 9.47 Å². The Labute approximate surface area is 114 Å². The predicted octanol–water partition coefficient (Wildman–Crippen LogP) is 1.75. The fraction of sp³-hybridized carbons (Fsp3) is 0.538. The van der Waals surface area contributed by atoms with Crippen molar-refractivity contribution in [2.45, 2.75) is 13.0 Å². The minimum atomic E-state index is 0. The number of ether oxygens (including phenoxy) is 2. The molecule has 0 aromatic heterocycles. The maximum Gasteiger partial charge on any atom is 0.161 e. The van der Waals surface area contributed by atoms with E-state index in [1.807, 2.05) is 13.0 Å². The molecule has 0 amide bonds. The zero-order chi connectivity index (χ0) is 12.1. The third kappa shape index (κ3) is 3.51. The standard InChI is InChI=1S/C13H20N2O2.ClH/c1-3-17-13-8-10(4-5-12(13)16-2)11-9-14-6-7-15-11;/h4-5,8,11,14-15H,3,6-7,9H2,1-2H3;1H/t11-;/m0./s1. The van der Waals surface area contributed by atoms with Gasteiger partial charge in [-0.15, -0.1) is 12.4 Å². The fourth-order valence-electron chi connectivity index (χ4n) is 2.07. The van der Waals surface area contributed by atoms with Gasteiger partial charge in [-0.1, -0.05) is 6.07 Å². The third-order valence-corrected chi connectivity index (χ3v) is 2.93. The highest BCUT2D eigenvalue weighted by atomic mass is 35.5. The lowest BCUT2D eigenvalue weighted by atomic mass is 10.0. The normalized spacial score (nSPS) is 18.9. The second-order valence-electron chi connectivity index (χ2n) is 4.05. The average molecular weight is 273 g/mol. The Morgan fingerprint density at radius 3 is 2.72 bits per heavy atom. The number of nitrogens with one attached hydrogen (secondary N) is 2. The summed E-state index contributed by atoms with van der Waals surface area (Å²) in [6.45, 7) is 5.62. The summed E-state index contributed by atoms with van der Waals surface area (Å²) in [7, 11) is 1.66. The van der Waals surface area contributed by atoms with Crippen LogP contribution in [0, 0.1) is 0 Å². The Morgan fingerprint density at radius 2 is 2.11 bits per heavy atom. The maximum absolute atomic E-state index is 5.59. The van der Waals surface area contributed by atoms with Crippen molar-refractivity contribution in [2.75, 3.05) is 33.4 Å². The molecule has 1 aromatic carbocycles. The van der Waals surface area contributed by atoms with Crippen molar-refractivity contribution in [3.05, 3.63) is 23.8 Å². The van der Waals surface area contributed by atoms with Gasteiger partial charge in [-0.05, 0) is 24.6 Å². The van der Waals surface area contributed by atoms with Gasteiger partial charge in [-0.3, -0.25) is 0 Å². The highest BCUT2D eigenvalue weighted by Crippen LogP contribution is 2.30. The van der Waals surface area contributed by atoms with Crippen LogP contribution in [0.4, 0.5) is 0 Å². The number of piperazine rings is 1. The van der Waals surface area contributed by atoms with Gasteiger partial charge in [0.15, 0.2) is 11.5 Å². The second kappa shape index (κ2) is 7.46. The highest BCUT2D eigenvalue weighted by molar-refractivity contribution is 5.85. The Morgan fingerprint density at radius 1 is 1.28 bits per heavy atom. The lowest BCUT2D eigenvalue weighted by molar-refractivity contribution is 0.309. The SMILES string of the molecule is CCOc1cc([C@@H]2CNCCN2)ccc1OC.Cl. The van der Waals surface area contributed by atoms with Crippen molar-refractivity contribution in [1.29, 1.82) is 0 Å².